The molecule has 1 aromatic heterocycles. The Hall–Kier alpha value is -2.63. The zero-order valence-electron chi connectivity index (χ0n) is 15.2. The van der Waals surface area contributed by atoms with Gasteiger partial charge in [0.2, 0.25) is 0 Å². The number of anilines is 2. The standard InChI is InChI=1S/C19H26N4O2/c1-4-11-23(12-5-2)19(24)17-13-21-18(14-20-17)22-15-7-9-16(10-8-15)25-6-3/h7-10,13-14H,4-6,11-12H2,1-3H3,(H,21,22). The molecule has 0 aliphatic carbocycles. The monoisotopic (exact) mass is 342 g/mol. The highest BCUT2D eigenvalue weighted by Crippen LogP contribution is 2.18. The van der Waals surface area contributed by atoms with Crippen molar-refractivity contribution >= 4 is 17.4 Å². The van der Waals surface area contributed by atoms with Crippen LogP contribution in [0.4, 0.5) is 11.5 Å². The van der Waals surface area contributed by atoms with E-state index in [1.165, 1.54) is 6.20 Å². The summed E-state index contributed by atoms with van der Waals surface area (Å²) in [4.78, 5) is 22.9. The van der Waals surface area contributed by atoms with Gasteiger partial charge in [0.05, 0.1) is 19.0 Å². The number of ether oxygens (including phenoxy) is 1. The van der Waals surface area contributed by atoms with Gasteiger partial charge in [-0.05, 0) is 44.0 Å². The predicted molar refractivity (Wildman–Crippen MR) is 99.4 cm³/mol. The number of carbonyl (C=O) groups is 1. The maximum absolute atomic E-state index is 12.5. The summed E-state index contributed by atoms with van der Waals surface area (Å²) in [5, 5.41) is 3.16. The van der Waals surface area contributed by atoms with E-state index < -0.39 is 0 Å². The van der Waals surface area contributed by atoms with Crippen molar-refractivity contribution in [3.8, 4) is 5.75 Å². The SMILES string of the molecule is CCCN(CCC)C(=O)c1cnc(Nc2ccc(OCC)cc2)cn1. The number of hydrogen-bond donors (Lipinski definition) is 1. The number of nitrogens with zero attached hydrogens (tertiary/aromatic N) is 3. The highest BCUT2D eigenvalue weighted by atomic mass is 16.5. The van der Waals surface area contributed by atoms with Crippen LogP contribution in [0, 0.1) is 0 Å². The van der Waals surface area contributed by atoms with Gasteiger partial charge in [-0.2, -0.15) is 0 Å². The molecule has 0 aliphatic heterocycles. The van der Waals surface area contributed by atoms with Crippen LogP contribution in [-0.2, 0) is 0 Å². The highest BCUT2D eigenvalue weighted by molar-refractivity contribution is 5.92. The fraction of sp³-hybridized carbons (Fsp3) is 0.421. The summed E-state index contributed by atoms with van der Waals surface area (Å²) in [6.07, 6.45) is 4.96. The Kier molecular flexibility index (Phi) is 7.19. The van der Waals surface area contributed by atoms with Crippen molar-refractivity contribution in [2.75, 3.05) is 25.0 Å². The van der Waals surface area contributed by atoms with Crippen LogP contribution in [-0.4, -0.2) is 40.5 Å². The molecule has 6 nitrogen and oxygen atoms in total. The second kappa shape index (κ2) is 9.61. The minimum absolute atomic E-state index is 0.0659. The van der Waals surface area contributed by atoms with Gasteiger partial charge in [0.15, 0.2) is 0 Å². The Balaban J connectivity index is 2.02. The van der Waals surface area contributed by atoms with Crippen molar-refractivity contribution < 1.29 is 9.53 Å². The lowest BCUT2D eigenvalue weighted by molar-refractivity contribution is 0.0749. The number of carbonyl (C=O) groups excluding carboxylic acids is 1. The smallest absolute Gasteiger partial charge is 0.274 e. The molecule has 0 atom stereocenters. The summed E-state index contributed by atoms with van der Waals surface area (Å²) >= 11 is 0. The molecule has 134 valence electrons. The lowest BCUT2D eigenvalue weighted by Crippen LogP contribution is -2.33. The van der Waals surface area contributed by atoms with E-state index in [-0.39, 0.29) is 5.91 Å². The topological polar surface area (TPSA) is 67.4 Å². The minimum atomic E-state index is -0.0659. The number of nitrogens with one attached hydrogen (secondary N) is 1. The zero-order chi connectivity index (χ0) is 18.1. The normalized spacial score (nSPS) is 10.4. The Morgan fingerprint density at radius 3 is 2.24 bits per heavy atom. The van der Waals surface area contributed by atoms with Crippen molar-refractivity contribution in [1.29, 1.82) is 0 Å². The van der Waals surface area contributed by atoms with E-state index in [0.717, 1.165) is 37.4 Å². The molecule has 0 aliphatic rings. The van der Waals surface area contributed by atoms with Crippen LogP contribution in [0.2, 0.25) is 0 Å². The van der Waals surface area contributed by atoms with Crippen molar-refractivity contribution in [1.82, 2.24) is 14.9 Å². The van der Waals surface area contributed by atoms with Crippen LogP contribution in [0.1, 0.15) is 44.1 Å². The maximum Gasteiger partial charge on any atom is 0.274 e. The van der Waals surface area contributed by atoms with E-state index in [0.29, 0.717) is 18.1 Å². The lowest BCUT2D eigenvalue weighted by atomic mass is 10.3. The summed E-state index contributed by atoms with van der Waals surface area (Å²) in [7, 11) is 0. The second-order valence-electron chi connectivity index (χ2n) is 5.66. The van der Waals surface area contributed by atoms with Crippen LogP contribution in [0.5, 0.6) is 5.75 Å². The van der Waals surface area contributed by atoms with Gasteiger partial charge in [0.1, 0.15) is 17.3 Å². The van der Waals surface area contributed by atoms with Crippen molar-refractivity contribution in [2.24, 2.45) is 0 Å². The van der Waals surface area contributed by atoms with E-state index in [4.69, 9.17) is 4.74 Å². The van der Waals surface area contributed by atoms with Crippen LogP contribution < -0.4 is 10.1 Å². The third kappa shape index (κ3) is 5.45. The molecule has 0 unspecified atom stereocenters. The molecule has 0 saturated heterocycles. The average Bonchev–Trinajstić information content (AvgIpc) is 2.63. The molecule has 0 bridgehead atoms. The fourth-order valence-electron chi connectivity index (χ4n) is 2.47. The van der Waals surface area contributed by atoms with Gasteiger partial charge in [0, 0.05) is 18.8 Å². The van der Waals surface area contributed by atoms with Gasteiger partial charge < -0.3 is 15.0 Å². The first-order valence-corrected chi connectivity index (χ1v) is 8.79. The van der Waals surface area contributed by atoms with Gasteiger partial charge in [-0.1, -0.05) is 13.8 Å². The van der Waals surface area contributed by atoms with E-state index in [1.54, 1.807) is 6.20 Å². The van der Waals surface area contributed by atoms with E-state index in [9.17, 15) is 4.79 Å². The molecule has 0 spiro atoms. The van der Waals surface area contributed by atoms with Gasteiger partial charge in [-0.15, -0.1) is 0 Å². The molecule has 2 rings (SSSR count). The third-order valence-electron chi connectivity index (χ3n) is 3.58. The number of rotatable bonds is 9. The van der Waals surface area contributed by atoms with Gasteiger partial charge in [-0.3, -0.25) is 4.79 Å². The minimum Gasteiger partial charge on any atom is -0.494 e. The molecular formula is C19H26N4O2. The second-order valence-corrected chi connectivity index (χ2v) is 5.66. The largest absolute Gasteiger partial charge is 0.494 e. The number of hydrogen-bond acceptors (Lipinski definition) is 5. The first-order valence-electron chi connectivity index (χ1n) is 8.79. The van der Waals surface area contributed by atoms with Crippen molar-refractivity contribution in [2.45, 2.75) is 33.6 Å². The molecule has 0 fully saturated rings. The molecule has 2 aromatic rings. The van der Waals surface area contributed by atoms with E-state index in [1.807, 2.05) is 36.1 Å². The van der Waals surface area contributed by atoms with Crippen LogP contribution >= 0.6 is 0 Å². The maximum atomic E-state index is 12.5. The molecule has 1 amide bonds. The summed E-state index contributed by atoms with van der Waals surface area (Å²) in [6, 6.07) is 7.61. The Morgan fingerprint density at radius 2 is 1.72 bits per heavy atom. The molecular weight excluding hydrogens is 316 g/mol. The van der Waals surface area contributed by atoms with Crippen molar-refractivity contribution in [3.05, 3.63) is 42.4 Å². The van der Waals surface area contributed by atoms with Gasteiger partial charge >= 0.3 is 0 Å². The third-order valence-corrected chi connectivity index (χ3v) is 3.58. The van der Waals surface area contributed by atoms with E-state index in [2.05, 4.69) is 29.1 Å². The number of benzene rings is 1. The summed E-state index contributed by atoms with van der Waals surface area (Å²) < 4.78 is 5.42. The average molecular weight is 342 g/mol. The Morgan fingerprint density at radius 1 is 1.04 bits per heavy atom. The first-order chi connectivity index (χ1) is 12.2. The van der Waals surface area contributed by atoms with E-state index >= 15 is 0 Å². The Labute approximate surface area is 149 Å². The van der Waals surface area contributed by atoms with Gasteiger partial charge in [-0.25, -0.2) is 9.97 Å². The fourth-order valence-corrected chi connectivity index (χ4v) is 2.47. The summed E-state index contributed by atoms with van der Waals surface area (Å²) in [6.45, 7) is 8.19. The molecule has 1 aromatic carbocycles. The number of aromatic nitrogens is 2. The first kappa shape index (κ1) is 18.7. The lowest BCUT2D eigenvalue weighted by Gasteiger charge is -2.20. The molecule has 0 saturated carbocycles. The Bertz CT molecular complexity index is 650. The molecule has 1 N–H and O–H groups in total. The van der Waals surface area contributed by atoms with Crippen LogP contribution in [0.3, 0.4) is 0 Å². The molecule has 0 radical (unpaired) electrons. The molecule has 6 heteroatoms. The highest BCUT2D eigenvalue weighted by Gasteiger charge is 2.15. The summed E-state index contributed by atoms with van der Waals surface area (Å²) in [5.74, 6) is 1.36. The summed E-state index contributed by atoms with van der Waals surface area (Å²) in [5.41, 5.74) is 1.26. The van der Waals surface area contributed by atoms with Crippen LogP contribution in [0.15, 0.2) is 36.7 Å². The predicted octanol–water partition coefficient (Wildman–Crippen LogP) is 3.88. The quantitative estimate of drug-likeness (QED) is 0.749. The van der Waals surface area contributed by atoms with Crippen LogP contribution in [0.25, 0.3) is 0 Å². The number of amides is 1. The van der Waals surface area contributed by atoms with Crippen molar-refractivity contribution in [3.63, 3.8) is 0 Å². The van der Waals surface area contributed by atoms with Gasteiger partial charge in [0.25, 0.3) is 5.91 Å². The molecule has 1 heterocycles. The zero-order valence-corrected chi connectivity index (χ0v) is 15.2. The molecule has 25 heavy (non-hydrogen) atoms.